The predicted molar refractivity (Wildman–Crippen MR) is 67.6 cm³/mol. The van der Waals surface area contributed by atoms with Crippen LogP contribution in [0.5, 0.6) is 0 Å². The van der Waals surface area contributed by atoms with Gasteiger partial charge in [-0.1, -0.05) is 29.8 Å². The average Bonchev–Trinajstić information content (AvgIpc) is 2.89. The summed E-state index contributed by atoms with van der Waals surface area (Å²) in [7, 11) is 0. The second-order valence-electron chi connectivity index (χ2n) is 3.75. The average molecular weight is 282 g/mol. The highest BCUT2D eigenvalue weighted by atomic mass is 35.5. The number of aromatic nitrogens is 4. The largest absolute Gasteiger partial charge is 0.450 e. The number of nitrogens with zero attached hydrogens (tertiary/aromatic N) is 4. The van der Waals surface area contributed by atoms with Gasteiger partial charge in [0.05, 0.1) is 6.61 Å². The highest BCUT2D eigenvalue weighted by Crippen LogP contribution is 2.27. The van der Waals surface area contributed by atoms with Crippen LogP contribution in [0.1, 0.15) is 18.0 Å². The van der Waals surface area contributed by atoms with E-state index in [-0.39, 0.29) is 12.6 Å². The molecule has 2 N–H and O–H groups in total. The van der Waals surface area contributed by atoms with Crippen molar-refractivity contribution in [1.29, 1.82) is 0 Å². The zero-order valence-electron chi connectivity index (χ0n) is 9.94. The van der Waals surface area contributed by atoms with Crippen molar-refractivity contribution < 1.29 is 9.53 Å². The molecule has 1 aromatic heterocycles. The molecule has 0 spiro atoms. The molecule has 0 radical (unpaired) electrons. The fourth-order valence-electron chi connectivity index (χ4n) is 1.73. The summed E-state index contributed by atoms with van der Waals surface area (Å²) in [5.41, 5.74) is 5.76. The van der Waals surface area contributed by atoms with Crippen LogP contribution in [0.25, 0.3) is 0 Å². The third kappa shape index (κ3) is 3.41. The molecule has 2 aromatic rings. The number of halogens is 1. The van der Waals surface area contributed by atoms with Gasteiger partial charge in [0.2, 0.25) is 0 Å². The van der Waals surface area contributed by atoms with Crippen LogP contribution < -0.4 is 5.73 Å². The standard InChI is InChI=1S/C11H12ClN5O2/c12-9-4-2-1-3-8(9)10(5-6-19-11(13)18)17-15-7-14-16-17/h1-4,7,10H,5-6H2,(H2,13,18). The Balaban J connectivity index is 2.20. The number of tetrazole rings is 1. The number of hydrogen-bond acceptors (Lipinski definition) is 5. The van der Waals surface area contributed by atoms with E-state index in [0.717, 1.165) is 5.56 Å². The molecule has 19 heavy (non-hydrogen) atoms. The molecule has 8 heteroatoms. The van der Waals surface area contributed by atoms with Gasteiger partial charge in [0, 0.05) is 11.4 Å². The summed E-state index contributed by atoms with van der Waals surface area (Å²) in [5, 5.41) is 12.1. The molecule has 0 saturated heterocycles. The lowest BCUT2D eigenvalue weighted by Gasteiger charge is -2.16. The Kier molecular flexibility index (Phi) is 4.30. The van der Waals surface area contributed by atoms with Crippen LogP contribution in [-0.4, -0.2) is 32.9 Å². The van der Waals surface area contributed by atoms with Crippen LogP contribution in [0.15, 0.2) is 30.6 Å². The van der Waals surface area contributed by atoms with E-state index in [1.54, 1.807) is 6.07 Å². The Morgan fingerprint density at radius 1 is 1.47 bits per heavy atom. The number of hydrogen-bond donors (Lipinski definition) is 1. The minimum Gasteiger partial charge on any atom is -0.450 e. The molecule has 0 aliphatic rings. The molecule has 0 fully saturated rings. The highest BCUT2D eigenvalue weighted by molar-refractivity contribution is 6.31. The first-order valence-corrected chi connectivity index (χ1v) is 5.95. The molecule has 2 rings (SSSR count). The molecule has 7 nitrogen and oxygen atoms in total. The van der Waals surface area contributed by atoms with Gasteiger partial charge in [-0.05, 0) is 16.8 Å². The lowest BCUT2D eigenvalue weighted by atomic mass is 10.0. The van der Waals surface area contributed by atoms with E-state index in [2.05, 4.69) is 15.4 Å². The summed E-state index contributed by atoms with van der Waals surface area (Å²) in [6.07, 6.45) is 0.964. The van der Waals surface area contributed by atoms with E-state index >= 15 is 0 Å². The van der Waals surface area contributed by atoms with Crippen molar-refractivity contribution in [3.8, 4) is 0 Å². The Hall–Kier alpha value is -2.15. The first kappa shape index (κ1) is 13.3. The Bertz CT molecular complexity index is 546. The lowest BCUT2D eigenvalue weighted by molar-refractivity contribution is 0.149. The molecule has 1 aromatic carbocycles. The maximum absolute atomic E-state index is 10.6. The van der Waals surface area contributed by atoms with Crippen LogP contribution in [-0.2, 0) is 4.74 Å². The number of amides is 1. The minimum atomic E-state index is -0.815. The first-order valence-electron chi connectivity index (χ1n) is 5.57. The summed E-state index contributed by atoms with van der Waals surface area (Å²) in [5.74, 6) is 0. The number of rotatable bonds is 5. The monoisotopic (exact) mass is 281 g/mol. The number of primary amides is 1. The van der Waals surface area contributed by atoms with Crippen molar-refractivity contribution in [3.05, 3.63) is 41.2 Å². The van der Waals surface area contributed by atoms with Gasteiger partial charge in [-0.2, -0.15) is 4.80 Å². The fourth-order valence-corrected chi connectivity index (χ4v) is 1.99. The molecule has 0 bridgehead atoms. The van der Waals surface area contributed by atoms with Gasteiger partial charge >= 0.3 is 6.09 Å². The second-order valence-corrected chi connectivity index (χ2v) is 4.16. The maximum atomic E-state index is 10.6. The highest BCUT2D eigenvalue weighted by Gasteiger charge is 2.18. The van der Waals surface area contributed by atoms with Gasteiger partial charge in [-0.25, -0.2) is 4.79 Å². The quantitative estimate of drug-likeness (QED) is 0.893. The van der Waals surface area contributed by atoms with Crippen LogP contribution in [0.3, 0.4) is 0 Å². The smallest absolute Gasteiger partial charge is 0.404 e. The number of benzene rings is 1. The van der Waals surface area contributed by atoms with Gasteiger partial charge in [-0.15, -0.1) is 10.2 Å². The molecule has 1 atom stereocenters. The van der Waals surface area contributed by atoms with E-state index in [0.29, 0.717) is 11.4 Å². The van der Waals surface area contributed by atoms with E-state index in [4.69, 9.17) is 22.1 Å². The van der Waals surface area contributed by atoms with Crippen molar-refractivity contribution in [3.63, 3.8) is 0 Å². The topological polar surface area (TPSA) is 95.9 Å². The maximum Gasteiger partial charge on any atom is 0.404 e. The van der Waals surface area contributed by atoms with Crippen molar-refractivity contribution in [2.75, 3.05) is 6.61 Å². The molecule has 1 heterocycles. The fraction of sp³-hybridized carbons (Fsp3) is 0.273. The van der Waals surface area contributed by atoms with Crippen molar-refractivity contribution in [1.82, 2.24) is 20.2 Å². The van der Waals surface area contributed by atoms with E-state index in [9.17, 15) is 4.79 Å². The van der Waals surface area contributed by atoms with Gasteiger partial charge in [0.15, 0.2) is 6.33 Å². The van der Waals surface area contributed by atoms with Crippen molar-refractivity contribution in [2.24, 2.45) is 5.73 Å². The van der Waals surface area contributed by atoms with Gasteiger partial charge in [-0.3, -0.25) is 0 Å². The van der Waals surface area contributed by atoms with Crippen LogP contribution in [0.2, 0.25) is 5.02 Å². The molecular weight excluding hydrogens is 270 g/mol. The second kappa shape index (κ2) is 6.14. The molecule has 0 aliphatic carbocycles. The van der Waals surface area contributed by atoms with Crippen LogP contribution in [0, 0.1) is 0 Å². The normalized spacial score (nSPS) is 12.1. The number of nitrogens with two attached hydrogens (primary N) is 1. The summed E-state index contributed by atoms with van der Waals surface area (Å²) >= 11 is 6.16. The lowest BCUT2D eigenvalue weighted by Crippen LogP contribution is -2.20. The third-order valence-corrected chi connectivity index (χ3v) is 2.89. The minimum absolute atomic E-state index is 0.146. The van der Waals surface area contributed by atoms with E-state index in [1.165, 1.54) is 11.1 Å². The first-order chi connectivity index (χ1) is 9.18. The molecular formula is C11H12ClN5O2. The van der Waals surface area contributed by atoms with Crippen molar-refractivity contribution >= 4 is 17.7 Å². The summed E-state index contributed by atoms with van der Waals surface area (Å²) < 4.78 is 4.74. The Morgan fingerprint density at radius 3 is 2.89 bits per heavy atom. The van der Waals surface area contributed by atoms with Gasteiger partial charge < -0.3 is 10.5 Å². The van der Waals surface area contributed by atoms with Crippen molar-refractivity contribution in [2.45, 2.75) is 12.5 Å². The molecule has 100 valence electrons. The zero-order chi connectivity index (χ0) is 13.7. The van der Waals surface area contributed by atoms with E-state index < -0.39 is 6.09 Å². The SMILES string of the molecule is NC(=O)OCCC(c1ccccc1Cl)n1ncnn1. The van der Waals surface area contributed by atoms with E-state index in [1.807, 2.05) is 18.2 Å². The Morgan fingerprint density at radius 2 is 2.26 bits per heavy atom. The number of ether oxygens (including phenoxy) is 1. The van der Waals surface area contributed by atoms with Crippen LogP contribution >= 0.6 is 11.6 Å². The summed E-state index contributed by atoms with van der Waals surface area (Å²) in [6, 6.07) is 7.06. The van der Waals surface area contributed by atoms with Gasteiger partial charge in [0.25, 0.3) is 0 Å². The zero-order valence-corrected chi connectivity index (χ0v) is 10.7. The number of carbonyl (C=O) groups is 1. The van der Waals surface area contributed by atoms with Crippen LogP contribution in [0.4, 0.5) is 4.79 Å². The summed E-state index contributed by atoms with van der Waals surface area (Å²) in [4.78, 5) is 12.0. The molecule has 1 unspecified atom stereocenters. The molecule has 0 saturated carbocycles. The summed E-state index contributed by atoms with van der Waals surface area (Å²) in [6.45, 7) is 0.146. The third-order valence-electron chi connectivity index (χ3n) is 2.54. The van der Waals surface area contributed by atoms with Gasteiger partial charge in [0.1, 0.15) is 6.04 Å². The number of carbonyl (C=O) groups excluding carboxylic acids is 1. The molecule has 0 aliphatic heterocycles. The molecule has 1 amide bonds. The predicted octanol–water partition coefficient (Wildman–Crippen LogP) is 1.40. The Labute approximate surface area is 114 Å².